The molecule has 25 heavy (non-hydrogen) atoms. The van der Waals surface area contributed by atoms with Gasteiger partial charge < -0.3 is 4.90 Å². The van der Waals surface area contributed by atoms with Crippen molar-refractivity contribution in [2.24, 2.45) is 5.92 Å². The van der Waals surface area contributed by atoms with Gasteiger partial charge in [0.25, 0.3) is 11.1 Å². The summed E-state index contributed by atoms with van der Waals surface area (Å²) >= 11 is 0. The quantitative estimate of drug-likeness (QED) is 0.924. The van der Waals surface area contributed by atoms with Gasteiger partial charge in [-0.15, -0.1) is 0 Å². The van der Waals surface area contributed by atoms with Crippen molar-refractivity contribution in [1.29, 1.82) is 0 Å². The highest BCUT2D eigenvalue weighted by Crippen LogP contribution is 2.26. The number of carbonyl (C=O) groups is 1. The number of benzene rings is 1. The molecule has 0 bridgehead atoms. The fourth-order valence-corrected chi connectivity index (χ4v) is 3.62. The van der Waals surface area contributed by atoms with E-state index >= 15 is 0 Å². The van der Waals surface area contributed by atoms with E-state index in [0.717, 1.165) is 31.6 Å². The van der Waals surface area contributed by atoms with Crippen LogP contribution in [0.1, 0.15) is 39.0 Å². The maximum absolute atomic E-state index is 12.5. The Hall–Kier alpha value is -2.37. The van der Waals surface area contributed by atoms with E-state index in [0.29, 0.717) is 10.8 Å². The van der Waals surface area contributed by atoms with E-state index in [2.05, 4.69) is 12.0 Å². The number of hydrogen-bond donors (Lipinski definition) is 1. The second kappa shape index (κ2) is 7.25. The minimum Gasteiger partial charge on any atom is -0.343 e. The topological polar surface area (TPSA) is 75.2 Å². The Labute approximate surface area is 146 Å². The molecule has 0 unspecified atom stereocenters. The van der Waals surface area contributed by atoms with Gasteiger partial charge in [-0.2, -0.15) is 0 Å². The first kappa shape index (κ1) is 17.5. The van der Waals surface area contributed by atoms with Crippen molar-refractivity contribution in [3.8, 4) is 0 Å². The fraction of sp³-hybridized carbons (Fsp3) is 0.526. The van der Waals surface area contributed by atoms with Gasteiger partial charge in [0.2, 0.25) is 5.91 Å². The van der Waals surface area contributed by atoms with Crippen LogP contribution in [-0.2, 0) is 11.3 Å². The second-order valence-corrected chi connectivity index (χ2v) is 7.11. The molecule has 6 heteroatoms. The number of fused-ring (bicyclic) bond motifs is 1. The Bertz CT molecular complexity index is 875. The lowest BCUT2D eigenvalue weighted by atomic mass is 9.86. The molecule has 1 N–H and O–H groups in total. The van der Waals surface area contributed by atoms with Crippen LogP contribution in [0, 0.1) is 5.92 Å². The molecule has 3 rings (SSSR count). The molecular weight excluding hydrogens is 318 g/mol. The monoisotopic (exact) mass is 343 g/mol. The second-order valence-electron chi connectivity index (χ2n) is 7.11. The van der Waals surface area contributed by atoms with Gasteiger partial charge in [0.15, 0.2) is 0 Å². The summed E-state index contributed by atoms with van der Waals surface area (Å²) in [4.78, 5) is 38.9. The Morgan fingerprint density at radius 3 is 2.48 bits per heavy atom. The molecule has 1 aromatic carbocycles. The Morgan fingerprint density at radius 1 is 1.16 bits per heavy atom. The van der Waals surface area contributed by atoms with Crippen molar-refractivity contribution in [3.63, 3.8) is 0 Å². The van der Waals surface area contributed by atoms with Gasteiger partial charge in [-0.1, -0.05) is 19.1 Å². The molecule has 0 aliphatic heterocycles. The maximum atomic E-state index is 12.5. The maximum Gasteiger partial charge on any atom is 0.273 e. The summed E-state index contributed by atoms with van der Waals surface area (Å²) in [6.45, 7) is 2.44. The number of rotatable bonds is 4. The highest BCUT2D eigenvalue weighted by molar-refractivity contribution is 5.80. The summed E-state index contributed by atoms with van der Waals surface area (Å²) in [7, 11) is 1.84. The number of aromatic amines is 1. The van der Waals surface area contributed by atoms with E-state index in [4.69, 9.17) is 0 Å². The third-order valence-electron chi connectivity index (χ3n) is 5.36. The molecular formula is C19H25N3O3. The summed E-state index contributed by atoms with van der Waals surface area (Å²) in [5.41, 5.74) is -0.575. The lowest BCUT2D eigenvalue weighted by Gasteiger charge is -2.33. The summed E-state index contributed by atoms with van der Waals surface area (Å²) in [6.07, 6.45) is 4.59. The van der Waals surface area contributed by atoms with Crippen LogP contribution in [0.25, 0.3) is 10.8 Å². The van der Waals surface area contributed by atoms with Crippen molar-refractivity contribution in [3.05, 3.63) is 45.0 Å². The van der Waals surface area contributed by atoms with Crippen LogP contribution in [-0.4, -0.2) is 33.7 Å². The number of aromatic nitrogens is 2. The van der Waals surface area contributed by atoms with E-state index in [-0.39, 0.29) is 36.0 Å². The first-order valence-corrected chi connectivity index (χ1v) is 8.95. The number of H-pyrrole nitrogens is 1. The minimum absolute atomic E-state index is 0.0143. The molecule has 2 aromatic rings. The minimum atomic E-state index is -0.308. The Morgan fingerprint density at radius 2 is 1.80 bits per heavy atom. The average Bonchev–Trinajstić information content (AvgIpc) is 2.63. The summed E-state index contributed by atoms with van der Waals surface area (Å²) in [5.74, 6) is 0.751. The van der Waals surface area contributed by atoms with Gasteiger partial charge in [-0.25, -0.2) is 4.68 Å². The molecule has 1 heterocycles. The normalized spacial score (nSPS) is 20.6. The molecule has 0 atom stereocenters. The predicted molar refractivity (Wildman–Crippen MR) is 97.6 cm³/mol. The highest BCUT2D eigenvalue weighted by Gasteiger charge is 2.24. The van der Waals surface area contributed by atoms with Crippen molar-refractivity contribution in [2.75, 3.05) is 7.05 Å². The number of carbonyl (C=O) groups excluding carboxylic acids is 1. The van der Waals surface area contributed by atoms with Crippen molar-refractivity contribution >= 4 is 16.7 Å². The molecule has 134 valence electrons. The molecule has 1 amide bonds. The van der Waals surface area contributed by atoms with E-state index < -0.39 is 0 Å². The van der Waals surface area contributed by atoms with Gasteiger partial charge >= 0.3 is 0 Å². The molecule has 0 spiro atoms. The Balaban J connectivity index is 1.70. The average molecular weight is 343 g/mol. The van der Waals surface area contributed by atoms with Gasteiger partial charge in [-0.3, -0.25) is 19.5 Å². The van der Waals surface area contributed by atoms with Gasteiger partial charge in [-0.05, 0) is 43.7 Å². The molecule has 0 radical (unpaired) electrons. The summed E-state index contributed by atoms with van der Waals surface area (Å²) in [5, 5.41) is 3.34. The van der Waals surface area contributed by atoms with E-state index in [1.165, 1.54) is 4.68 Å². The molecule has 1 aromatic heterocycles. The van der Waals surface area contributed by atoms with Gasteiger partial charge in [0, 0.05) is 19.5 Å². The van der Waals surface area contributed by atoms with Gasteiger partial charge in [0.05, 0.1) is 17.3 Å². The molecule has 1 aliphatic carbocycles. The van der Waals surface area contributed by atoms with Crippen LogP contribution in [0.15, 0.2) is 33.9 Å². The molecule has 6 nitrogen and oxygen atoms in total. The summed E-state index contributed by atoms with van der Waals surface area (Å²) < 4.78 is 1.25. The van der Waals surface area contributed by atoms with E-state index in [1.807, 2.05) is 11.9 Å². The molecule has 1 aliphatic rings. The zero-order valence-corrected chi connectivity index (χ0v) is 14.8. The number of hydrogen-bond acceptors (Lipinski definition) is 3. The molecule has 1 saturated carbocycles. The van der Waals surface area contributed by atoms with E-state index in [9.17, 15) is 14.4 Å². The zero-order valence-electron chi connectivity index (χ0n) is 14.8. The van der Waals surface area contributed by atoms with Crippen molar-refractivity contribution < 1.29 is 4.79 Å². The zero-order chi connectivity index (χ0) is 18.0. The third kappa shape index (κ3) is 3.67. The number of nitrogens with zero attached hydrogens (tertiary/aromatic N) is 2. The van der Waals surface area contributed by atoms with Crippen molar-refractivity contribution in [2.45, 2.75) is 51.6 Å². The van der Waals surface area contributed by atoms with Crippen LogP contribution < -0.4 is 11.1 Å². The van der Waals surface area contributed by atoms with Crippen LogP contribution in [0.4, 0.5) is 0 Å². The largest absolute Gasteiger partial charge is 0.343 e. The van der Waals surface area contributed by atoms with Crippen LogP contribution >= 0.6 is 0 Å². The SMILES string of the molecule is CC1CCC(N(C)C(=O)CCn2[nH]c(=O)c3ccccc3c2=O)CC1. The molecule has 0 saturated heterocycles. The standard InChI is InChI=1S/C19H25N3O3/c1-13-7-9-14(10-8-13)21(2)17(23)11-12-22-19(25)16-6-4-3-5-15(16)18(24)20-22/h3-6,13-14H,7-12H2,1-2H3,(H,20,24). The lowest BCUT2D eigenvalue weighted by Crippen LogP contribution is -2.40. The number of nitrogens with one attached hydrogen (secondary N) is 1. The van der Waals surface area contributed by atoms with Gasteiger partial charge in [0.1, 0.15) is 0 Å². The highest BCUT2D eigenvalue weighted by atomic mass is 16.2. The van der Waals surface area contributed by atoms with Crippen molar-refractivity contribution in [1.82, 2.24) is 14.7 Å². The number of aryl methyl sites for hydroxylation is 1. The van der Waals surface area contributed by atoms with Crippen LogP contribution in [0.2, 0.25) is 0 Å². The summed E-state index contributed by atoms with van der Waals surface area (Å²) in [6, 6.07) is 7.02. The smallest absolute Gasteiger partial charge is 0.273 e. The van der Waals surface area contributed by atoms with Crippen LogP contribution in [0.3, 0.4) is 0 Å². The first-order valence-electron chi connectivity index (χ1n) is 8.95. The fourth-order valence-electron chi connectivity index (χ4n) is 3.62. The Kier molecular flexibility index (Phi) is 5.06. The van der Waals surface area contributed by atoms with Crippen LogP contribution in [0.5, 0.6) is 0 Å². The predicted octanol–water partition coefficient (Wildman–Crippen LogP) is 2.12. The first-order chi connectivity index (χ1) is 12.0. The number of amides is 1. The lowest BCUT2D eigenvalue weighted by molar-refractivity contribution is -0.133. The molecule has 1 fully saturated rings. The van der Waals surface area contributed by atoms with E-state index in [1.54, 1.807) is 24.3 Å². The third-order valence-corrected chi connectivity index (χ3v) is 5.36.